The van der Waals surface area contributed by atoms with Gasteiger partial charge in [-0.2, -0.15) is 5.10 Å². The third-order valence-corrected chi connectivity index (χ3v) is 3.03. The molecule has 6 nitrogen and oxygen atoms in total. The van der Waals surface area contributed by atoms with Crippen molar-refractivity contribution in [2.75, 3.05) is 11.9 Å². The average Bonchev–Trinajstić information content (AvgIpc) is 2.75. The first-order chi connectivity index (χ1) is 9.08. The average molecular weight is 260 g/mol. The summed E-state index contributed by atoms with van der Waals surface area (Å²) >= 11 is 0. The van der Waals surface area contributed by atoms with Gasteiger partial charge in [0.1, 0.15) is 0 Å². The molecular formula is C13H16N4O2. The summed E-state index contributed by atoms with van der Waals surface area (Å²) in [5.41, 5.74) is 2.85. The first-order valence-electron chi connectivity index (χ1n) is 6.03. The van der Waals surface area contributed by atoms with Gasteiger partial charge >= 0.3 is 0 Å². The van der Waals surface area contributed by atoms with Gasteiger partial charge in [0.25, 0.3) is 5.69 Å². The van der Waals surface area contributed by atoms with Crippen LogP contribution in [0.5, 0.6) is 0 Å². The van der Waals surface area contributed by atoms with Crippen molar-refractivity contribution in [3.63, 3.8) is 0 Å². The Morgan fingerprint density at radius 2 is 2.21 bits per heavy atom. The Bertz CT molecular complexity index is 592. The minimum Gasteiger partial charge on any atom is -0.385 e. The second-order valence-electron chi connectivity index (χ2n) is 4.38. The number of aryl methyl sites for hydroxylation is 2. The van der Waals surface area contributed by atoms with Crippen LogP contribution in [0.3, 0.4) is 0 Å². The van der Waals surface area contributed by atoms with Crippen molar-refractivity contribution in [2.24, 2.45) is 7.05 Å². The van der Waals surface area contributed by atoms with E-state index < -0.39 is 0 Å². The lowest BCUT2D eigenvalue weighted by Gasteiger charge is -2.07. The first kappa shape index (κ1) is 13.1. The molecule has 0 atom stereocenters. The summed E-state index contributed by atoms with van der Waals surface area (Å²) in [7, 11) is 1.91. The van der Waals surface area contributed by atoms with E-state index >= 15 is 0 Å². The highest BCUT2D eigenvalue weighted by Crippen LogP contribution is 2.21. The zero-order valence-corrected chi connectivity index (χ0v) is 11.0. The second kappa shape index (κ2) is 5.51. The zero-order chi connectivity index (χ0) is 13.8. The summed E-state index contributed by atoms with van der Waals surface area (Å²) < 4.78 is 1.84. The fourth-order valence-electron chi connectivity index (χ4n) is 1.95. The number of benzene rings is 1. The van der Waals surface area contributed by atoms with Gasteiger partial charge in [-0.25, -0.2) is 0 Å². The number of nitrogens with zero attached hydrogens (tertiary/aromatic N) is 3. The van der Waals surface area contributed by atoms with Gasteiger partial charge in [-0.05, 0) is 25.1 Å². The second-order valence-corrected chi connectivity index (χ2v) is 4.38. The van der Waals surface area contributed by atoms with E-state index in [1.54, 1.807) is 25.3 Å². The van der Waals surface area contributed by atoms with Crippen molar-refractivity contribution in [2.45, 2.75) is 13.3 Å². The molecule has 0 aliphatic carbocycles. The van der Waals surface area contributed by atoms with Crippen LogP contribution < -0.4 is 5.32 Å². The van der Waals surface area contributed by atoms with Crippen molar-refractivity contribution < 1.29 is 4.92 Å². The van der Waals surface area contributed by atoms with Gasteiger partial charge in [-0.3, -0.25) is 14.8 Å². The summed E-state index contributed by atoms with van der Waals surface area (Å²) in [6.45, 7) is 2.50. The first-order valence-corrected chi connectivity index (χ1v) is 6.03. The van der Waals surface area contributed by atoms with Gasteiger partial charge in [0.15, 0.2) is 0 Å². The highest BCUT2D eigenvalue weighted by atomic mass is 16.6. The highest BCUT2D eigenvalue weighted by Gasteiger charge is 2.09. The summed E-state index contributed by atoms with van der Waals surface area (Å²) in [5.74, 6) is 0. The Kier molecular flexibility index (Phi) is 3.79. The predicted octanol–water partition coefficient (Wildman–Crippen LogP) is 2.29. The van der Waals surface area contributed by atoms with Crippen LogP contribution in [0.1, 0.15) is 11.3 Å². The number of nitro benzene ring substituents is 1. The van der Waals surface area contributed by atoms with Crippen LogP contribution in [0.25, 0.3) is 0 Å². The number of nitrogens with one attached hydrogen (secondary N) is 1. The minimum absolute atomic E-state index is 0.150. The van der Waals surface area contributed by atoms with Crippen LogP contribution in [-0.4, -0.2) is 21.2 Å². The molecule has 0 spiro atoms. The number of aromatic nitrogens is 2. The lowest BCUT2D eigenvalue weighted by Crippen LogP contribution is -2.08. The van der Waals surface area contributed by atoms with Crippen molar-refractivity contribution in [3.8, 4) is 0 Å². The molecule has 0 aliphatic heterocycles. The van der Waals surface area contributed by atoms with Crippen LogP contribution >= 0.6 is 0 Å². The fraction of sp³-hybridized carbons (Fsp3) is 0.308. The highest BCUT2D eigenvalue weighted by molar-refractivity contribution is 5.53. The van der Waals surface area contributed by atoms with Gasteiger partial charge in [-0.1, -0.05) is 0 Å². The van der Waals surface area contributed by atoms with Gasteiger partial charge in [0, 0.05) is 49.2 Å². The molecule has 1 aromatic heterocycles. The lowest BCUT2D eigenvalue weighted by atomic mass is 10.2. The maximum atomic E-state index is 10.7. The number of hydrogen-bond acceptors (Lipinski definition) is 4. The smallest absolute Gasteiger partial charge is 0.272 e. The molecule has 1 heterocycles. The number of nitro groups is 1. The summed E-state index contributed by atoms with van der Waals surface area (Å²) in [6, 6.07) is 7.03. The molecular weight excluding hydrogens is 244 g/mol. The normalized spacial score (nSPS) is 10.4. The molecule has 100 valence electrons. The van der Waals surface area contributed by atoms with Crippen molar-refractivity contribution in [3.05, 3.63) is 51.8 Å². The van der Waals surface area contributed by atoms with Crippen LogP contribution in [0.4, 0.5) is 11.4 Å². The quantitative estimate of drug-likeness (QED) is 0.661. The van der Waals surface area contributed by atoms with E-state index in [0.29, 0.717) is 5.56 Å². The Hall–Kier alpha value is -2.37. The largest absolute Gasteiger partial charge is 0.385 e. The summed E-state index contributed by atoms with van der Waals surface area (Å²) in [5, 5.41) is 18.1. The molecule has 0 bridgehead atoms. The topological polar surface area (TPSA) is 73.0 Å². The monoisotopic (exact) mass is 260 g/mol. The number of rotatable bonds is 5. The summed E-state index contributed by atoms with van der Waals surface area (Å²) in [4.78, 5) is 10.3. The molecule has 19 heavy (non-hydrogen) atoms. The van der Waals surface area contributed by atoms with E-state index in [0.717, 1.165) is 24.3 Å². The van der Waals surface area contributed by atoms with Gasteiger partial charge in [0.2, 0.25) is 0 Å². The summed E-state index contributed by atoms with van der Waals surface area (Å²) in [6.07, 6.45) is 2.62. The zero-order valence-electron chi connectivity index (χ0n) is 11.0. The number of anilines is 1. The third-order valence-electron chi connectivity index (χ3n) is 3.03. The van der Waals surface area contributed by atoms with E-state index in [1.807, 2.05) is 17.8 Å². The fourth-order valence-corrected chi connectivity index (χ4v) is 1.95. The minimum atomic E-state index is -0.366. The van der Waals surface area contributed by atoms with E-state index in [1.165, 1.54) is 6.07 Å². The molecule has 0 saturated carbocycles. The van der Waals surface area contributed by atoms with Gasteiger partial charge in [-0.15, -0.1) is 0 Å². The van der Waals surface area contributed by atoms with Gasteiger partial charge in [0.05, 0.1) is 4.92 Å². The van der Waals surface area contributed by atoms with Crippen molar-refractivity contribution >= 4 is 11.4 Å². The SMILES string of the molecule is Cc1cc(NCCc2ccnn2C)ccc1[N+](=O)[O-]. The van der Waals surface area contributed by atoms with Crippen molar-refractivity contribution in [1.29, 1.82) is 0 Å². The van der Waals surface area contributed by atoms with Crippen LogP contribution in [0, 0.1) is 17.0 Å². The Labute approximate surface area is 111 Å². The molecule has 0 saturated heterocycles. The maximum absolute atomic E-state index is 10.7. The van der Waals surface area contributed by atoms with E-state index in [2.05, 4.69) is 10.4 Å². The van der Waals surface area contributed by atoms with Gasteiger partial charge < -0.3 is 5.32 Å². The molecule has 0 fully saturated rings. The molecule has 0 unspecified atom stereocenters. The number of hydrogen-bond donors (Lipinski definition) is 1. The molecule has 2 rings (SSSR count). The standard InChI is InChI=1S/C13H16N4O2/c1-10-9-11(3-4-13(10)17(18)19)14-7-5-12-6-8-15-16(12)2/h3-4,6,8-9,14H,5,7H2,1-2H3. The van der Waals surface area contributed by atoms with Crippen LogP contribution in [0.15, 0.2) is 30.5 Å². The van der Waals surface area contributed by atoms with Crippen LogP contribution in [-0.2, 0) is 13.5 Å². The van der Waals surface area contributed by atoms with Crippen LogP contribution in [0.2, 0.25) is 0 Å². The third kappa shape index (κ3) is 3.09. The van der Waals surface area contributed by atoms with E-state index in [4.69, 9.17) is 0 Å². The van der Waals surface area contributed by atoms with Crippen molar-refractivity contribution in [1.82, 2.24) is 9.78 Å². The Morgan fingerprint density at radius 3 is 2.79 bits per heavy atom. The maximum Gasteiger partial charge on any atom is 0.272 e. The molecule has 2 aromatic rings. The Balaban J connectivity index is 1.95. The molecule has 0 radical (unpaired) electrons. The molecule has 0 amide bonds. The molecule has 6 heteroatoms. The van der Waals surface area contributed by atoms with E-state index in [-0.39, 0.29) is 10.6 Å². The predicted molar refractivity (Wildman–Crippen MR) is 73.2 cm³/mol. The Morgan fingerprint density at radius 1 is 1.42 bits per heavy atom. The lowest BCUT2D eigenvalue weighted by molar-refractivity contribution is -0.385. The molecule has 1 N–H and O–H groups in total. The van der Waals surface area contributed by atoms with E-state index in [9.17, 15) is 10.1 Å². The molecule has 1 aromatic carbocycles. The molecule has 0 aliphatic rings.